The van der Waals surface area contributed by atoms with E-state index in [4.69, 9.17) is 4.74 Å². The second-order valence-electron chi connectivity index (χ2n) is 7.10. The summed E-state index contributed by atoms with van der Waals surface area (Å²) in [5.41, 5.74) is 2.34. The van der Waals surface area contributed by atoms with Gasteiger partial charge in [0.1, 0.15) is 0 Å². The first-order valence-electron chi connectivity index (χ1n) is 9.12. The molecule has 26 heavy (non-hydrogen) atoms. The number of benzene rings is 2. The third-order valence-corrected chi connectivity index (χ3v) is 5.66. The molecule has 1 amide bonds. The van der Waals surface area contributed by atoms with Gasteiger partial charge in [0.05, 0.1) is 5.69 Å². The topological polar surface area (TPSA) is 32.8 Å². The highest BCUT2D eigenvalue weighted by Crippen LogP contribution is 2.40. The number of amides is 1. The number of hydrogen-bond acceptors (Lipinski definition) is 3. The van der Waals surface area contributed by atoms with Crippen LogP contribution in [0.5, 0.6) is 0 Å². The van der Waals surface area contributed by atoms with Gasteiger partial charge in [-0.3, -0.25) is 9.80 Å². The first-order chi connectivity index (χ1) is 12.6. The van der Waals surface area contributed by atoms with Gasteiger partial charge in [0.2, 0.25) is 0 Å². The predicted molar refractivity (Wildman–Crippen MR) is 104 cm³/mol. The number of nitrogens with zero attached hydrogens (tertiary/aromatic N) is 2. The molecule has 0 aliphatic carbocycles. The van der Waals surface area contributed by atoms with Gasteiger partial charge in [-0.1, -0.05) is 54.6 Å². The monoisotopic (exact) mass is 348 g/mol. The van der Waals surface area contributed by atoms with E-state index < -0.39 is 5.72 Å². The maximum atomic E-state index is 13.0. The minimum atomic E-state index is -0.601. The predicted octanol–water partition coefficient (Wildman–Crippen LogP) is 4.68. The third-order valence-electron chi connectivity index (χ3n) is 5.66. The highest BCUT2D eigenvalue weighted by Gasteiger charge is 2.47. The van der Waals surface area contributed by atoms with Crippen LogP contribution in [0, 0.1) is 0 Å². The van der Waals surface area contributed by atoms with E-state index in [0.717, 1.165) is 36.1 Å². The molecule has 2 aliphatic heterocycles. The number of ether oxygens (including phenoxy) is 1. The van der Waals surface area contributed by atoms with Crippen LogP contribution in [-0.2, 0) is 4.74 Å². The van der Waals surface area contributed by atoms with Gasteiger partial charge >= 0.3 is 6.09 Å². The van der Waals surface area contributed by atoms with Crippen LogP contribution in [0.3, 0.4) is 0 Å². The SMILES string of the molecule is CN(C(=O)O[C@]12C=CC[C@H](CC1)N2C)c1ccccc1-c1ccccc1. The Morgan fingerprint density at radius 1 is 1.15 bits per heavy atom. The van der Waals surface area contributed by atoms with Crippen molar-refractivity contribution >= 4 is 11.8 Å². The van der Waals surface area contributed by atoms with Crippen LogP contribution in [0.25, 0.3) is 11.1 Å². The van der Waals surface area contributed by atoms with Gasteiger partial charge in [-0.25, -0.2) is 4.79 Å². The lowest BCUT2D eigenvalue weighted by atomic mass is 10.0. The summed E-state index contributed by atoms with van der Waals surface area (Å²) >= 11 is 0. The average Bonchev–Trinajstić information content (AvgIpc) is 2.85. The number of hydrogen-bond donors (Lipinski definition) is 0. The van der Waals surface area contributed by atoms with E-state index in [2.05, 4.69) is 23.1 Å². The fraction of sp³-hybridized carbons (Fsp3) is 0.318. The molecule has 0 aromatic heterocycles. The zero-order chi connectivity index (χ0) is 18.1. The van der Waals surface area contributed by atoms with Crippen molar-refractivity contribution in [3.05, 3.63) is 66.7 Å². The van der Waals surface area contributed by atoms with Crippen LogP contribution in [0.4, 0.5) is 10.5 Å². The molecule has 4 heteroatoms. The van der Waals surface area contributed by atoms with Crippen molar-refractivity contribution in [3.63, 3.8) is 0 Å². The first kappa shape index (κ1) is 16.9. The molecular formula is C22H24N2O2. The lowest BCUT2D eigenvalue weighted by Gasteiger charge is -2.38. The smallest absolute Gasteiger partial charge is 0.416 e. The lowest BCUT2D eigenvalue weighted by Crippen LogP contribution is -2.50. The summed E-state index contributed by atoms with van der Waals surface area (Å²) in [5.74, 6) is 0. The Balaban J connectivity index is 1.61. The maximum Gasteiger partial charge on any atom is 0.416 e. The molecule has 1 saturated heterocycles. The third kappa shape index (κ3) is 2.80. The molecule has 0 unspecified atom stereocenters. The van der Waals surface area contributed by atoms with Crippen molar-refractivity contribution < 1.29 is 9.53 Å². The highest BCUT2D eigenvalue weighted by atomic mass is 16.6. The quantitative estimate of drug-likeness (QED) is 0.755. The molecule has 4 nitrogen and oxygen atoms in total. The van der Waals surface area contributed by atoms with Gasteiger partial charge in [-0.2, -0.15) is 0 Å². The molecule has 0 radical (unpaired) electrons. The molecule has 2 heterocycles. The molecule has 2 aliphatic rings. The molecular weight excluding hydrogens is 324 g/mol. The number of rotatable bonds is 3. The lowest BCUT2D eigenvalue weighted by molar-refractivity contribution is -0.0510. The summed E-state index contributed by atoms with van der Waals surface area (Å²) in [5, 5.41) is 0. The van der Waals surface area contributed by atoms with E-state index in [1.807, 2.05) is 55.6 Å². The van der Waals surface area contributed by atoms with E-state index in [1.165, 1.54) is 0 Å². The Kier molecular flexibility index (Phi) is 4.29. The zero-order valence-corrected chi connectivity index (χ0v) is 15.3. The Hall–Kier alpha value is -2.59. The van der Waals surface area contributed by atoms with Crippen LogP contribution in [-0.4, -0.2) is 36.9 Å². The van der Waals surface area contributed by atoms with Crippen molar-refractivity contribution in [2.45, 2.75) is 31.0 Å². The van der Waals surface area contributed by atoms with E-state index in [9.17, 15) is 4.79 Å². The minimum absolute atomic E-state index is 0.326. The van der Waals surface area contributed by atoms with Crippen molar-refractivity contribution in [2.75, 3.05) is 19.0 Å². The Bertz CT molecular complexity index is 833. The number of carbonyl (C=O) groups excluding carboxylic acids is 1. The zero-order valence-electron chi connectivity index (χ0n) is 15.3. The molecule has 0 saturated carbocycles. The maximum absolute atomic E-state index is 13.0. The molecule has 1 fully saturated rings. The second-order valence-corrected chi connectivity index (χ2v) is 7.10. The van der Waals surface area contributed by atoms with Crippen molar-refractivity contribution in [2.24, 2.45) is 0 Å². The van der Waals surface area contributed by atoms with Gasteiger partial charge in [-0.15, -0.1) is 0 Å². The molecule has 0 spiro atoms. The highest BCUT2D eigenvalue weighted by molar-refractivity contribution is 5.93. The fourth-order valence-electron chi connectivity index (χ4n) is 4.04. The first-order valence-corrected chi connectivity index (χ1v) is 9.12. The van der Waals surface area contributed by atoms with Gasteiger partial charge < -0.3 is 4.74 Å². The largest absolute Gasteiger partial charge is 0.423 e. The van der Waals surface area contributed by atoms with Gasteiger partial charge in [0, 0.05) is 25.1 Å². The van der Waals surface area contributed by atoms with Crippen LogP contribution in [0.15, 0.2) is 66.7 Å². The van der Waals surface area contributed by atoms with Crippen LogP contribution in [0.1, 0.15) is 19.3 Å². The summed E-state index contributed by atoms with van der Waals surface area (Å²) in [4.78, 5) is 16.8. The normalized spacial score (nSPS) is 24.5. The number of likely N-dealkylation sites (N-methyl/N-ethyl adjacent to an activating group) is 1. The number of carbonyl (C=O) groups is 1. The summed E-state index contributed by atoms with van der Waals surface area (Å²) in [6, 6.07) is 18.5. The molecule has 2 bridgehead atoms. The van der Waals surface area contributed by atoms with E-state index in [1.54, 1.807) is 11.9 Å². The van der Waals surface area contributed by atoms with E-state index in [-0.39, 0.29) is 6.09 Å². The van der Waals surface area contributed by atoms with E-state index >= 15 is 0 Å². The summed E-state index contributed by atoms with van der Waals surface area (Å²) in [7, 11) is 3.83. The number of para-hydroxylation sites is 1. The number of anilines is 1. The fourth-order valence-corrected chi connectivity index (χ4v) is 4.04. The van der Waals surface area contributed by atoms with Crippen LogP contribution < -0.4 is 4.90 Å². The van der Waals surface area contributed by atoms with Gasteiger partial charge in [0.15, 0.2) is 5.72 Å². The summed E-state index contributed by atoms with van der Waals surface area (Å²) in [6.07, 6.45) is 6.80. The Morgan fingerprint density at radius 2 is 1.88 bits per heavy atom. The molecule has 2 atom stereocenters. The molecule has 2 aromatic carbocycles. The Labute approximate surface area is 154 Å². The van der Waals surface area contributed by atoms with Crippen molar-refractivity contribution in [1.82, 2.24) is 4.90 Å². The molecule has 0 N–H and O–H groups in total. The second kappa shape index (κ2) is 6.61. The molecule has 134 valence electrons. The Morgan fingerprint density at radius 3 is 2.69 bits per heavy atom. The van der Waals surface area contributed by atoms with Gasteiger partial charge in [-0.05, 0) is 37.6 Å². The van der Waals surface area contributed by atoms with Crippen molar-refractivity contribution in [1.29, 1.82) is 0 Å². The molecule has 4 rings (SSSR count). The summed E-state index contributed by atoms with van der Waals surface area (Å²) < 4.78 is 6.02. The standard InChI is InChI=1S/C22H24N2O2/c1-23(20-13-7-6-12-19(20)17-9-4-3-5-10-17)21(25)26-22-15-8-11-18(14-16-22)24(22)2/h3-10,12-13,15,18H,11,14,16H2,1-2H3/t18-,22-/m1/s1. The summed E-state index contributed by atoms with van der Waals surface area (Å²) in [6.45, 7) is 0. The van der Waals surface area contributed by atoms with E-state index in [0.29, 0.717) is 6.04 Å². The minimum Gasteiger partial charge on any atom is -0.423 e. The van der Waals surface area contributed by atoms with Gasteiger partial charge in [0.25, 0.3) is 0 Å². The van der Waals surface area contributed by atoms with Crippen LogP contribution >= 0.6 is 0 Å². The van der Waals surface area contributed by atoms with Crippen molar-refractivity contribution in [3.8, 4) is 11.1 Å². The average molecular weight is 348 g/mol. The molecule has 2 aromatic rings. The number of fused-ring (bicyclic) bond motifs is 2. The van der Waals surface area contributed by atoms with Crippen LogP contribution in [0.2, 0.25) is 0 Å².